The molecule has 9 aromatic rings. The van der Waals surface area contributed by atoms with Crippen molar-refractivity contribution in [2.24, 2.45) is 0 Å². The summed E-state index contributed by atoms with van der Waals surface area (Å²) in [6.45, 7) is 0. The predicted octanol–water partition coefficient (Wildman–Crippen LogP) is 8.13. The van der Waals surface area contributed by atoms with E-state index in [1.54, 1.807) is 6.26 Å². The second-order valence-corrected chi connectivity index (χ2v) is 10.9. The molecule has 45 heavy (non-hydrogen) atoms. The van der Waals surface area contributed by atoms with Gasteiger partial charge in [-0.2, -0.15) is 53.6 Å². The van der Waals surface area contributed by atoms with Gasteiger partial charge in [-0.1, -0.05) is 66.2 Å². The number of nitrogens with zero attached hydrogens (tertiary/aromatic N) is 4. The maximum Gasteiger partial charge on any atom is 0.268 e. The molecule has 0 aliphatic carbocycles. The van der Waals surface area contributed by atoms with Gasteiger partial charge in [0.2, 0.25) is 0 Å². The number of furan rings is 1. The van der Waals surface area contributed by atoms with E-state index in [-0.39, 0.29) is 21.1 Å². The van der Waals surface area contributed by atoms with Crippen LogP contribution in [0.25, 0.3) is 61.0 Å². The monoisotopic (exact) mass is 759 g/mol. The zero-order chi connectivity index (χ0) is 29.0. The van der Waals surface area contributed by atoms with Gasteiger partial charge in [0.25, 0.3) is 6.33 Å². The van der Waals surface area contributed by atoms with Crippen molar-refractivity contribution in [3.63, 3.8) is 0 Å². The normalized spacial score (nSPS) is 11.5. The Balaban J connectivity index is 0.00000300. The molecule has 0 spiro atoms. The molecular formula is C39H24N4OPt-2. The molecule has 0 N–H and O–H groups in total. The molecule has 0 aliphatic rings. The van der Waals surface area contributed by atoms with Crippen LogP contribution in [0.3, 0.4) is 0 Å². The maximum atomic E-state index is 5.90. The molecule has 0 amide bonds. The molecule has 218 valence electrons. The van der Waals surface area contributed by atoms with Gasteiger partial charge in [-0.3, -0.25) is 4.57 Å². The molecule has 0 atom stereocenters. The van der Waals surface area contributed by atoms with Crippen molar-refractivity contribution in [2.75, 3.05) is 0 Å². The van der Waals surface area contributed by atoms with Crippen LogP contribution in [0.1, 0.15) is 11.1 Å². The van der Waals surface area contributed by atoms with Gasteiger partial charge >= 0.3 is 0 Å². The summed E-state index contributed by atoms with van der Waals surface area (Å²) < 4.78 is 12.3. The summed E-state index contributed by atoms with van der Waals surface area (Å²) in [4.78, 5) is 4.76. The Kier molecular flexibility index (Phi) is 6.69. The summed E-state index contributed by atoms with van der Waals surface area (Å²) in [5.74, 6) is 0.766. The largest absolute Gasteiger partial charge is 0.460 e. The minimum Gasteiger partial charge on any atom is -0.460 e. The third-order valence-electron chi connectivity index (χ3n) is 8.25. The summed E-state index contributed by atoms with van der Waals surface area (Å²) in [5, 5.41) is 3.31. The van der Waals surface area contributed by atoms with Crippen molar-refractivity contribution in [3.05, 3.63) is 163 Å². The van der Waals surface area contributed by atoms with Crippen molar-refractivity contribution in [2.45, 2.75) is 6.42 Å². The Morgan fingerprint density at radius 1 is 0.689 bits per heavy atom. The van der Waals surface area contributed by atoms with Crippen molar-refractivity contribution in [3.8, 4) is 17.2 Å². The van der Waals surface area contributed by atoms with Gasteiger partial charge in [-0.05, 0) is 47.8 Å². The van der Waals surface area contributed by atoms with Crippen LogP contribution in [0.5, 0.6) is 0 Å². The number of pyridine rings is 1. The zero-order valence-electron chi connectivity index (χ0n) is 23.9. The SMILES string of the molecule is [Pt].[c-]1c(Cc2[c-]c3c(cc2)c2ccccc2n3-c2nccc3ccoc23)cccc1-n1[c-][n+](-c2ccccc2)c2ccccc21. The first kappa shape index (κ1) is 27.3. The molecule has 9 rings (SSSR count). The number of imidazole rings is 1. The van der Waals surface area contributed by atoms with Gasteiger partial charge < -0.3 is 13.6 Å². The second-order valence-electron chi connectivity index (χ2n) is 10.9. The first-order valence-electron chi connectivity index (χ1n) is 14.6. The van der Waals surface area contributed by atoms with E-state index in [0.717, 1.165) is 72.1 Å². The first-order valence-corrected chi connectivity index (χ1v) is 14.6. The smallest absolute Gasteiger partial charge is 0.268 e. The quantitative estimate of drug-likeness (QED) is 0.131. The molecule has 0 aliphatic heterocycles. The molecular weight excluding hydrogens is 736 g/mol. The first-order chi connectivity index (χ1) is 21.8. The molecule has 5 nitrogen and oxygen atoms in total. The molecule has 0 saturated heterocycles. The number of fused-ring (bicyclic) bond motifs is 5. The van der Waals surface area contributed by atoms with Crippen LogP contribution < -0.4 is 4.57 Å². The van der Waals surface area contributed by atoms with Gasteiger partial charge in [0.15, 0.2) is 11.4 Å². The molecule has 0 fully saturated rings. The third kappa shape index (κ3) is 4.51. The van der Waals surface area contributed by atoms with Crippen LogP contribution in [-0.2, 0) is 27.5 Å². The molecule has 4 heterocycles. The van der Waals surface area contributed by atoms with Crippen molar-refractivity contribution in [1.29, 1.82) is 0 Å². The summed E-state index contributed by atoms with van der Waals surface area (Å²) in [7, 11) is 0. The second kappa shape index (κ2) is 11.0. The zero-order valence-corrected chi connectivity index (χ0v) is 26.2. The van der Waals surface area contributed by atoms with Gasteiger partial charge in [0.05, 0.1) is 23.0 Å². The fourth-order valence-corrected chi connectivity index (χ4v) is 6.25. The number of aromatic nitrogens is 4. The summed E-state index contributed by atoms with van der Waals surface area (Å²) in [6.07, 6.45) is 7.80. The average Bonchev–Trinajstić information content (AvgIpc) is 3.80. The van der Waals surface area contributed by atoms with Crippen LogP contribution in [0.2, 0.25) is 0 Å². The Morgan fingerprint density at radius 2 is 1.49 bits per heavy atom. The molecule has 6 heteroatoms. The minimum atomic E-state index is 0. The van der Waals surface area contributed by atoms with E-state index in [1.807, 2.05) is 36.5 Å². The fraction of sp³-hybridized carbons (Fsp3) is 0.0256. The molecule has 4 aromatic heterocycles. The van der Waals surface area contributed by atoms with Crippen LogP contribution in [0, 0.1) is 18.5 Å². The van der Waals surface area contributed by atoms with Crippen LogP contribution in [0.15, 0.2) is 138 Å². The van der Waals surface area contributed by atoms with Gasteiger partial charge in [0.1, 0.15) is 0 Å². The molecule has 0 unspecified atom stereocenters. The molecule has 0 saturated carbocycles. The number of hydrogen-bond acceptors (Lipinski definition) is 2. The standard InChI is InChI=1S/C39H24N4O.Pt/c1-2-10-30(11-3-1)41-26-42(36-16-7-6-15-35(36)41)31-12-8-9-27(24-31)23-28-17-18-33-32-13-4-5-14-34(32)43(37(33)25-28)39-38-29(19-21-40-39)20-22-44-38;/h1-22H,23H2;/q-2;. The molecule has 0 radical (unpaired) electrons. The van der Waals surface area contributed by atoms with Crippen LogP contribution in [0.4, 0.5) is 0 Å². The van der Waals surface area contributed by atoms with E-state index >= 15 is 0 Å². The Morgan fingerprint density at radius 3 is 2.40 bits per heavy atom. The van der Waals surface area contributed by atoms with Crippen molar-refractivity contribution < 1.29 is 30.0 Å². The third-order valence-corrected chi connectivity index (χ3v) is 8.25. The van der Waals surface area contributed by atoms with Crippen LogP contribution >= 0.6 is 0 Å². The van der Waals surface area contributed by atoms with E-state index in [1.165, 1.54) is 0 Å². The summed E-state index contributed by atoms with van der Waals surface area (Å²) in [6, 6.07) is 49.1. The summed E-state index contributed by atoms with van der Waals surface area (Å²) in [5.41, 5.74) is 9.12. The fourth-order valence-electron chi connectivity index (χ4n) is 6.25. The minimum absolute atomic E-state index is 0. The number of rotatable bonds is 5. The Labute approximate surface area is 273 Å². The molecule has 0 bridgehead atoms. The number of para-hydroxylation sites is 4. The average molecular weight is 760 g/mol. The Bertz CT molecular complexity index is 2490. The van der Waals surface area contributed by atoms with E-state index < -0.39 is 0 Å². The number of hydrogen-bond donors (Lipinski definition) is 0. The van der Waals surface area contributed by atoms with E-state index in [2.05, 4.69) is 123 Å². The summed E-state index contributed by atoms with van der Waals surface area (Å²) >= 11 is 0. The Hall–Kier alpha value is -5.25. The predicted molar refractivity (Wildman–Crippen MR) is 172 cm³/mol. The van der Waals surface area contributed by atoms with E-state index in [0.29, 0.717) is 6.42 Å². The van der Waals surface area contributed by atoms with Crippen LogP contribution in [-0.4, -0.2) is 14.1 Å². The van der Waals surface area contributed by atoms with Gasteiger partial charge in [-0.15, -0.1) is 5.39 Å². The van der Waals surface area contributed by atoms with Crippen molar-refractivity contribution >= 4 is 43.8 Å². The molecule has 5 aromatic carbocycles. The van der Waals surface area contributed by atoms with Gasteiger partial charge in [0, 0.05) is 38.2 Å². The van der Waals surface area contributed by atoms with E-state index in [9.17, 15) is 0 Å². The van der Waals surface area contributed by atoms with Crippen molar-refractivity contribution in [1.82, 2.24) is 14.1 Å². The van der Waals surface area contributed by atoms with E-state index in [4.69, 9.17) is 9.40 Å². The van der Waals surface area contributed by atoms with Gasteiger partial charge in [-0.25, -0.2) is 4.98 Å². The maximum absolute atomic E-state index is 5.90. The number of benzene rings is 5. The topological polar surface area (TPSA) is 39.8 Å².